The van der Waals surface area contributed by atoms with Gasteiger partial charge >= 0.3 is 0 Å². The molecule has 0 spiro atoms. The van der Waals surface area contributed by atoms with E-state index in [1.54, 1.807) is 0 Å². The fourth-order valence-corrected chi connectivity index (χ4v) is 1.91. The molecule has 0 aromatic heterocycles. The van der Waals surface area contributed by atoms with Crippen LogP contribution < -0.4 is 0 Å². The van der Waals surface area contributed by atoms with Gasteiger partial charge in [-0.25, -0.2) is 0 Å². The van der Waals surface area contributed by atoms with Crippen LogP contribution in [0.15, 0.2) is 43.0 Å². The molecule has 0 aliphatic rings. The molecule has 1 atom stereocenters. The first-order valence-corrected chi connectivity index (χ1v) is 7.19. The molecular weight excluding hydrogens is 234 g/mol. The molecule has 0 fully saturated rings. The van der Waals surface area contributed by atoms with Crippen LogP contribution in [-0.4, -0.2) is 23.9 Å². The van der Waals surface area contributed by atoms with Crippen molar-refractivity contribution in [1.29, 1.82) is 0 Å². The van der Waals surface area contributed by atoms with Gasteiger partial charge in [-0.2, -0.15) is 0 Å². The van der Waals surface area contributed by atoms with E-state index in [0.717, 1.165) is 32.2 Å². The normalized spacial score (nSPS) is 10.9. The molecule has 0 saturated carbocycles. The second kappa shape index (κ2) is 11.5. The Morgan fingerprint density at radius 3 is 2.37 bits per heavy atom. The minimum absolute atomic E-state index is 0.168. The summed E-state index contributed by atoms with van der Waals surface area (Å²) in [6, 6.07) is 10.4. The van der Waals surface area contributed by atoms with Crippen LogP contribution in [0, 0.1) is 0 Å². The molecule has 0 aliphatic heterocycles. The molecule has 1 amide bonds. The Kier molecular flexibility index (Phi) is 10.6. The van der Waals surface area contributed by atoms with Gasteiger partial charge in [0.1, 0.15) is 0 Å². The first kappa shape index (κ1) is 17.4. The van der Waals surface area contributed by atoms with Gasteiger partial charge < -0.3 is 4.90 Å². The third-order valence-electron chi connectivity index (χ3n) is 2.92. The molecule has 1 aromatic carbocycles. The molecule has 0 aliphatic carbocycles. The van der Waals surface area contributed by atoms with Crippen molar-refractivity contribution in [2.24, 2.45) is 0 Å². The average molecular weight is 261 g/mol. The predicted octanol–water partition coefficient (Wildman–Crippen LogP) is 4.07. The fourth-order valence-electron chi connectivity index (χ4n) is 1.91. The standard InChI is InChI=1S/C15H21NO.C2H6/c1-3-8-15(4-2)16(13-17)12-11-14-9-6-5-7-10-14;1-2/h4-7,9-10,13,15H,2-3,8,11-12H2,1H3;1-2H3. The van der Waals surface area contributed by atoms with Crippen molar-refractivity contribution < 1.29 is 4.79 Å². The van der Waals surface area contributed by atoms with Gasteiger partial charge in [0.25, 0.3) is 0 Å². The quantitative estimate of drug-likeness (QED) is 0.510. The zero-order chi connectivity index (χ0) is 14.5. The SMILES string of the molecule is C=CC(CCC)N(C=O)CCc1ccccc1.CC. The van der Waals surface area contributed by atoms with Crippen molar-refractivity contribution in [1.82, 2.24) is 4.90 Å². The minimum Gasteiger partial charge on any atom is -0.339 e. The van der Waals surface area contributed by atoms with Crippen LogP contribution in [0.1, 0.15) is 39.2 Å². The van der Waals surface area contributed by atoms with Gasteiger partial charge in [0.15, 0.2) is 0 Å². The van der Waals surface area contributed by atoms with Crippen LogP contribution in [0.5, 0.6) is 0 Å². The van der Waals surface area contributed by atoms with Gasteiger partial charge in [0.05, 0.1) is 0 Å². The van der Waals surface area contributed by atoms with E-state index in [-0.39, 0.29) is 6.04 Å². The number of hydrogen-bond acceptors (Lipinski definition) is 1. The van der Waals surface area contributed by atoms with Gasteiger partial charge in [-0.3, -0.25) is 4.79 Å². The van der Waals surface area contributed by atoms with E-state index in [2.05, 4.69) is 25.6 Å². The van der Waals surface area contributed by atoms with E-state index in [9.17, 15) is 4.79 Å². The highest BCUT2D eigenvalue weighted by molar-refractivity contribution is 5.48. The third-order valence-corrected chi connectivity index (χ3v) is 2.92. The third kappa shape index (κ3) is 6.80. The first-order chi connectivity index (χ1) is 9.31. The molecule has 1 aromatic rings. The van der Waals surface area contributed by atoms with Crippen LogP contribution in [0.4, 0.5) is 0 Å². The van der Waals surface area contributed by atoms with Gasteiger partial charge in [-0.1, -0.05) is 63.6 Å². The highest BCUT2D eigenvalue weighted by Gasteiger charge is 2.11. The molecule has 0 radical (unpaired) electrons. The lowest BCUT2D eigenvalue weighted by molar-refractivity contribution is -0.119. The van der Waals surface area contributed by atoms with Crippen LogP contribution in [-0.2, 0) is 11.2 Å². The number of carbonyl (C=O) groups is 1. The molecule has 1 unspecified atom stereocenters. The molecule has 19 heavy (non-hydrogen) atoms. The van der Waals surface area contributed by atoms with Crippen molar-refractivity contribution >= 4 is 6.41 Å². The number of amides is 1. The molecule has 0 saturated heterocycles. The summed E-state index contributed by atoms with van der Waals surface area (Å²) in [6.07, 6.45) is 5.74. The number of hydrogen-bond donors (Lipinski definition) is 0. The van der Waals surface area contributed by atoms with E-state index in [4.69, 9.17) is 0 Å². The Labute approximate surface area is 118 Å². The predicted molar refractivity (Wildman–Crippen MR) is 83.2 cm³/mol. The van der Waals surface area contributed by atoms with Crippen molar-refractivity contribution in [3.63, 3.8) is 0 Å². The Morgan fingerprint density at radius 1 is 1.26 bits per heavy atom. The van der Waals surface area contributed by atoms with E-state index in [1.807, 2.05) is 43.0 Å². The minimum atomic E-state index is 0.168. The van der Waals surface area contributed by atoms with Crippen LogP contribution in [0.3, 0.4) is 0 Å². The summed E-state index contributed by atoms with van der Waals surface area (Å²) >= 11 is 0. The zero-order valence-corrected chi connectivity index (χ0v) is 12.5. The fraction of sp³-hybridized carbons (Fsp3) is 0.471. The van der Waals surface area contributed by atoms with E-state index < -0.39 is 0 Å². The molecule has 0 heterocycles. The topological polar surface area (TPSA) is 20.3 Å². The molecular formula is C17H27NO. The van der Waals surface area contributed by atoms with Crippen molar-refractivity contribution in [3.8, 4) is 0 Å². The lowest BCUT2D eigenvalue weighted by atomic mass is 10.1. The second-order valence-electron chi connectivity index (χ2n) is 4.17. The largest absolute Gasteiger partial charge is 0.339 e. The molecule has 0 bridgehead atoms. The average Bonchev–Trinajstić information content (AvgIpc) is 2.49. The highest BCUT2D eigenvalue weighted by Crippen LogP contribution is 2.08. The summed E-state index contributed by atoms with van der Waals surface area (Å²) in [5.41, 5.74) is 1.26. The Balaban J connectivity index is 0.00000154. The van der Waals surface area contributed by atoms with E-state index in [0.29, 0.717) is 0 Å². The summed E-state index contributed by atoms with van der Waals surface area (Å²) in [6.45, 7) is 10.7. The number of benzene rings is 1. The summed E-state index contributed by atoms with van der Waals surface area (Å²) < 4.78 is 0. The molecule has 2 heteroatoms. The monoisotopic (exact) mass is 261 g/mol. The second-order valence-corrected chi connectivity index (χ2v) is 4.17. The Bertz CT molecular complexity index is 334. The molecule has 2 nitrogen and oxygen atoms in total. The maximum Gasteiger partial charge on any atom is 0.210 e. The zero-order valence-electron chi connectivity index (χ0n) is 12.5. The molecule has 0 N–H and O–H groups in total. The maximum absolute atomic E-state index is 11.1. The molecule has 1 rings (SSSR count). The van der Waals surface area contributed by atoms with E-state index >= 15 is 0 Å². The Morgan fingerprint density at radius 2 is 1.89 bits per heavy atom. The maximum atomic E-state index is 11.1. The van der Waals surface area contributed by atoms with Gasteiger partial charge in [-0.15, -0.1) is 6.58 Å². The van der Waals surface area contributed by atoms with Gasteiger partial charge in [0.2, 0.25) is 6.41 Å². The Hall–Kier alpha value is -1.57. The van der Waals surface area contributed by atoms with Crippen molar-refractivity contribution in [2.75, 3.05) is 6.54 Å². The van der Waals surface area contributed by atoms with Gasteiger partial charge in [0, 0.05) is 12.6 Å². The number of rotatable bonds is 8. The molecule has 106 valence electrons. The van der Waals surface area contributed by atoms with Gasteiger partial charge in [-0.05, 0) is 18.4 Å². The van der Waals surface area contributed by atoms with Crippen LogP contribution in [0.25, 0.3) is 0 Å². The lowest BCUT2D eigenvalue weighted by Crippen LogP contribution is -2.34. The smallest absolute Gasteiger partial charge is 0.210 e. The number of carbonyl (C=O) groups excluding carboxylic acids is 1. The highest BCUT2D eigenvalue weighted by atomic mass is 16.1. The van der Waals surface area contributed by atoms with Crippen LogP contribution in [0.2, 0.25) is 0 Å². The summed E-state index contributed by atoms with van der Waals surface area (Å²) in [4.78, 5) is 12.9. The van der Waals surface area contributed by atoms with Crippen molar-refractivity contribution in [3.05, 3.63) is 48.6 Å². The summed E-state index contributed by atoms with van der Waals surface area (Å²) in [5.74, 6) is 0. The van der Waals surface area contributed by atoms with Crippen LogP contribution >= 0.6 is 0 Å². The van der Waals surface area contributed by atoms with E-state index in [1.165, 1.54) is 5.56 Å². The lowest BCUT2D eigenvalue weighted by Gasteiger charge is -2.25. The summed E-state index contributed by atoms with van der Waals surface area (Å²) in [5, 5.41) is 0. The van der Waals surface area contributed by atoms with Crippen molar-refractivity contribution in [2.45, 2.75) is 46.1 Å². The first-order valence-electron chi connectivity index (χ1n) is 7.19. The summed E-state index contributed by atoms with van der Waals surface area (Å²) in [7, 11) is 0. The number of nitrogens with zero attached hydrogens (tertiary/aromatic N) is 1.